The number of hydrazone groups is 1. The lowest BCUT2D eigenvalue weighted by atomic mass is 10.2. The number of piperazine rings is 1. The van der Waals surface area contributed by atoms with Crippen LogP contribution in [0.5, 0.6) is 0 Å². The molecule has 2 aromatic rings. The molecule has 1 aliphatic rings. The minimum Gasteiger partial charge on any atom is -0.322 e. The van der Waals surface area contributed by atoms with Crippen LogP contribution in [0.15, 0.2) is 47.6 Å². The second-order valence-corrected chi connectivity index (χ2v) is 8.10. The number of benzene rings is 2. The Labute approximate surface area is 179 Å². The molecule has 0 radical (unpaired) electrons. The highest BCUT2D eigenvalue weighted by atomic mass is 35.5. The van der Waals surface area contributed by atoms with Crippen molar-refractivity contribution >= 4 is 46.9 Å². The molecule has 148 valence electrons. The van der Waals surface area contributed by atoms with E-state index in [1.165, 1.54) is 21.6 Å². The van der Waals surface area contributed by atoms with Gasteiger partial charge in [0.1, 0.15) is 32.7 Å². The molecule has 8 heteroatoms. The SMILES string of the molecule is O=C(C[NH+]1CC[NH+](Cc2ccccc2Cl)CC1)NN=Cc1c(Cl)cccc1Cl. The maximum atomic E-state index is 12.2. The summed E-state index contributed by atoms with van der Waals surface area (Å²) >= 11 is 18.4. The maximum absolute atomic E-state index is 12.2. The molecule has 28 heavy (non-hydrogen) atoms. The quantitative estimate of drug-likeness (QED) is 0.456. The summed E-state index contributed by atoms with van der Waals surface area (Å²) in [7, 11) is 0. The van der Waals surface area contributed by atoms with Crippen LogP contribution in [-0.2, 0) is 11.3 Å². The Morgan fingerprint density at radius 2 is 1.54 bits per heavy atom. The lowest BCUT2D eigenvalue weighted by molar-refractivity contribution is -1.02. The number of hydrogen-bond acceptors (Lipinski definition) is 2. The number of nitrogens with zero attached hydrogens (tertiary/aromatic N) is 1. The van der Waals surface area contributed by atoms with Crippen molar-refractivity contribution in [1.82, 2.24) is 5.43 Å². The topological polar surface area (TPSA) is 50.3 Å². The first-order valence-corrected chi connectivity index (χ1v) is 10.3. The van der Waals surface area contributed by atoms with E-state index in [2.05, 4.69) is 16.6 Å². The average molecular weight is 442 g/mol. The number of carbonyl (C=O) groups excluding carboxylic acids is 1. The fourth-order valence-corrected chi connectivity index (χ4v) is 3.99. The summed E-state index contributed by atoms with van der Waals surface area (Å²) in [5, 5.41) is 5.79. The maximum Gasteiger partial charge on any atom is 0.295 e. The second kappa shape index (κ2) is 10.2. The molecule has 0 bridgehead atoms. The lowest BCUT2D eigenvalue weighted by Crippen LogP contribution is -3.28. The molecule has 0 spiro atoms. The van der Waals surface area contributed by atoms with E-state index in [1.807, 2.05) is 18.2 Å². The minimum atomic E-state index is -0.121. The van der Waals surface area contributed by atoms with Gasteiger partial charge in [-0.15, -0.1) is 0 Å². The molecule has 3 rings (SSSR count). The van der Waals surface area contributed by atoms with Crippen molar-refractivity contribution in [2.45, 2.75) is 6.54 Å². The Kier molecular flexibility index (Phi) is 7.71. The van der Waals surface area contributed by atoms with E-state index in [4.69, 9.17) is 34.8 Å². The molecule has 0 aliphatic carbocycles. The Hall–Kier alpha value is -1.63. The van der Waals surface area contributed by atoms with Crippen molar-refractivity contribution in [1.29, 1.82) is 0 Å². The van der Waals surface area contributed by atoms with Crippen LogP contribution in [0.4, 0.5) is 0 Å². The zero-order chi connectivity index (χ0) is 19.9. The van der Waals surface area contributed by atoms with Crippen LogP contribution in [0.25, 0.3) is 0 Å². The summed E-state index contributed by atoms with van der Waals surface area (Å²) in [5.74, 6) is -0.121. The summed E-state index contributed by atoms with van der Waals surface area (Å²) in [6.45, 7) is 5.20. The van der Waals surface area contributed by atoms with Crippen molar-refractivity contribution in [3.63, 3.8) is 0 Å². The van der Waals surface area contributed by atoms with Crippen LogP contribution in [0, 0.1) is 0 Å². The smallest absolute Gasteiger partial charge is 0.295 e. The van der Waals surface area contributed by atoms with Gasteiger partial charge < -0.3 is 9.80 Å². The van der Waals surface area contributed by atoms with Gasteiger partial charge in [-0.3, -0.25) is 4.79 Å². The highest BCUT2D eigenvalue weighted by molar-refractivity contribution is 6.38. The fraction of sp³-hybridized carbons (Fsp3) is 0.300. The Balaban J connectivity index is 1.42. The first-order valence-electron chi connectivity index (χ1n) is 9.19. The molecule has 0 aromatic heterocycles. The molecular weight excluding hydrogens is 419 g/mol. The molecule has 3 N–H and O–H groups in total. The van der Waals surface area contributed by atoms with E-state index in [1.54, 1.807) is 18.2 Å². The van der Waals surface area contributed by atoms with Crippen LogP contribution in [0.1, 0.15) is 11.1 Å². The van der Waals surface area contributed by atoms with Crippen molar-refractivity contribution in [2.24, 2.45) is 5.10 Å². The fourth-order valence-electron chi connectivity index (χ4n) is 3.29. The standard InChI is InChI=1S/C20H21Cl3N4O/c21-17-5-2-1-4-15(17)13-26-8-10-27(11-9-26)14-20(28)25-24-12-16-18(22)6-3-7-19(16)23/h1-7,12H,8-11,13-14H2,(H,25,28)/p+2. The molecule has 5 nitrogen and oxygen atoms in total. The summed E-state index contributed by atoms with van der Waals surface area (Å²) in [5.41, 5.74) is 4.33. The van der Waals surface area contributed by atoms with Gasteiger partial charge in [0.2, 0.25) is 0 Å². The third kappa shape index (κ3) is 5.93. The number of rotatable bonds is 6. The highest BCUT2D eigenvalue weighted by Gasteiger charge is 2.25. The van der Waals surface area contributed by atoms with Crippen LogP contribution in [0.3, 0.4) is 0 Å². The van der Waals surface area contributed by atoms with Gasteiger partial charge >= 0.3 is 0 Å². The zero-order valence-electron chi connectivity index (χ0n) is 15.4. The molecule has 1 saturated heterocycles. The average Bonchev–Trinajstić information content (AvgIpc) is 2.67. The predicted molar refractivity (Wildman–Crippen MR) is 114 cm³/mol. The van der Waals surface area contributed by atoms with Gasteiger partial charge in [-0.05, 0) is 18.2 Å². The molecule has 0 saturated carbocycles. The Morgan fingerprint density at radius 3 is 2.21 bits per heavy atom. The van der Waals surface area contributed by atoms with Gasteiger partial charge in [0.25, 0.3) is 5.91 Å². The van der Waals surface area contributed by atoms with Crippen LogP contribution in [0.2, 0.25) is 15.1 Å². The molecule has 1 fully saturated rings. The van der Waals surface area contributed by atoms with Gasteiger partial charge in [0.05, 0.1) is 16.3 Å². The minimum absolute atomic E-state index is 0.121. The number of carbonyl (C=O) groups is 1. The molecule has 1 heterocycles. The summed E-state index contributed by atoms with van der Waals surface area (Å²) in [6, 6.07) is 13.2. The van der Waals surface area contributed by atoms with Crippen molar-refractivity contribution in [3.05, 3.63) is 68.7 Å². The third-order valence-corrected chi connectivity index (χ3v) is 5.88. The molecule has 1 aliphatic heterocycles. The Bertz CT molecular complexity index is 831. The van der Waals surface area contributed by atoms with E-state index in [0.29, 0.717) is 22.2 Å². The van der Waals surface area contributed by atoms with Gasteiger partial charge in [0.15, 0.2) is 6.54 Å². The molecule has 1 amide bonds. The third-order valence-electron chi connectivity index (χ3n) is 4.86. The van der Waals surface area contributed by atoms with Crippen molar-refractivity contribution in [2.75, 3.05) is 32.7 Å². The molecule has 0 unspecified atom stereocenters. The van der Waals surface area contributed by atoms with Gasteiger partial charge in [-0.2, -0.15) is 5.10 Å². The summed E-state index contributed by atoms with van der Waals surface area (Å²) < 4.78 is 0. The number of quaternary nitrogens is 2. The monoisotopic (exact) mass is 440 g/mol. The van der Waals surface area contributed by atoms with Crippen LogP contribution < -0.4 is 15.2 Å². The lowest BCUT2D eigenvalue weighted by Gasteiger charge is -2.29. The molecular formula is C20H23Cl3N4O+2. The van der Waals surface area contributed by atoms with Crippen molar-refractivity contribution < 1.29 is 14.6 Å². The first-order chi connectivity index (χ1) is 13.5. The van der Waals surface area contributed by atoms with Gasteiger partial charge in [-0.25, -0.2) is 5.43 Å². The van der Waals surface area contributed by atoms with E-state index in [9.17, 15) is 4.79 Å². The van der Waals surface area contributed by atoms with E-state index in [0.717, 1.165) is 37.7 Å². The van der Waals surface area contributed by atoms with E-state index < -0.39 is 0 Å². The van der Waals surface area contributed by atoms with Crippen LogP contribution >= 0.6 is 34.8 Å². The number of hydrogen-bond donors (Lipinski definition) is 3. The first kappa shape index (κ1) is 21.1. The number of amides is 1. The van der Waals surface area contributed by atoms with Crippen LogP contribution in [-0.4, -0.2) is 44.8 Å². The summed E-state index contributed by atoms with van der Waals surface area (Å²) in [6.07, 6.45) is 1.48. The highest BCUT2D eigenvalue weighted by Crippen LogP contribution is 2.21. The largest absolute Gasteiger partial charge is 0.322 e. The van der Waals surface area contributed by atoms with E-state index in [-0.39, 0.29) is 5.91 Å². The molecule has 2 aromatic carbocycles. The number of nitrogens with one attached hydrogen (secondary N) is 3. The van der Waals surface area contributed by atoms with E-state index >= 15 is 0 Å². The second-order valence-electron chi connectivity index (χ2n) is 6.87. The summed E-state index contributed by atoms with van der Waals surface area (Å²) in [4.78, 5) is 14.9. The zero-order valence-corrected chi connectivity index (χ0v) is 17.6. The Morgan fingerprint density at radius 1 is 0.929 bits per heavy atom. The molecule has 0 atom stereocenters. The number of halogens is 3. The van der Waals surface area contributed by atoms with Gasteiger partial charge in [0, 0.05) is 16.1 Å². The van der Waals surface area contributed by atoms with Crippen molar-refractivity contribution in [3.8, 4) is 0 Å². The predicted octanol–water partition coefficient (Wildman–Crippen LogP) is 1.08. The normalized spacial score (nSPS) is 19.7. The van der Waals surface area contributed by atoms with Gasteiger partial charge in [-0.1, -0.05) is 59.1 Å².